The molecule has 1 aliphatic heterocycles. The predicted molar refractivity (Wildman–Crippen MR) is 124 cm³/mol. The van der Waals surface area contributed by atoms with Crippen LogP contribution in [0, 0.1) is 0 Å². The van der Waals surface area contributed by atoms with Gasteiger partial charge in [-0.1, -0.05) is 49.7 Å². The van der Waals surface area contributed by atoms with E-state index in [9.17, 15) is 4.79 Å². The van der Waals surface area contributed by atoms with E-state index in [-0.39, 0.29) is 11.9 Å². The Morgan fingerprint density at radius 1 is 1.13 bits per heavy atom. The number of rotatable bonds is 5. The number of hydrogen-bond donors (Lipinski definition) is 0. The van der Waals surface area contributed by atoms with E-state index in [1.807, 2.05) is 5.38 Å². The fraction of sp³-hybridized carbons (Fsp3) is 0.346. The number of quaternary nitrogens is 1. The summed E-state index contributed by atoms with van der Waals surface area (Å²) in [6, 6.07) is 17.2. The number of fused-ring (bicyclic) bond motifs is 4. The first kappa shape index (κ1) is 19.5. The Kier molecular flexibility index (Phi) is 5.00. The lowest BCUT2D eigenvalue weighted by Crippen LogP contribution is -2.55. The Balaban J connectivity index is 1.68. The molecule has 2 atom stereocenters. The molecule has 0 N–H and O–H groups in total. The first-order chi connectivity index (χ1) is 14.7. The van der Waals surface area contributed by atoms with Gasteiger partial charge in [0.1, 0.15) is 23.0 Å². The molecule has 0 bridgehead atoms. The van der Waals surface area contributed by atoms with E-state index in [0.29, 0.717) is 11.1 Å². The van der Waals surface area contributed by atoms with Crippen LogP contribution >= 0.6 is 11.3 Å². The van der Waals surface area contributed by atoms with Crippen molar-refractivity contribution in [1.82, 2.24) is 4.48 Å². The maximum atomic E-state index is 14.2. The van der Waals surface area contributed by atoms with Gasteiger partial charge in [-0.15, -0.1) is 11.3 Å². The SMILES string of the molecule is CCCCOc1csc2c1C(=O)[N+](C)(C1CCCc3ccccc31)c1ccccc1-2. The topological polar surface area (TPSA) is 26.3 Å². The fourth-order valence-electron chi connectivity index (χ4n) is 5.16. The molecular formula is C26H28NO2S+. The van der Waals surface area contributed by atoms with Gasteiger partial charge in [-0.2, -0.15) is 0 Å². The molecule has 0 radical (unpaired) electrons. The number of nitrogens with zero attached hydrogens (tertiary/aromatic N) is 1. The summed E-state index contributed by atoms with van der Waals surface area (Å²) in [5.41, 5.74) is 5.77. The molecular weight excluding hydrogens is 390 g/mol. The Morgan fingerprint density at radius 3 is 2.80 bits per heavy atom. The van der Waals surface area contributed by atoms with Crippen LogP contribution in [-0.4, -0.2) is 19.6 Å². The first-order valence-corrected chi connectivity index (χ1v) is 11.9. The molecule has 30 heavy (non-hydrogen) atoms. The molecule has 5 rings (SSSR count). The molecule has 3 nitrogen and oxygen atoms in total. The number of carbonyl (C=O) groups excluding carboxylic acids is 1. The molecule has 0 saturated carbocycles. The number of unbranched alkanes of at least 4 members (excludes halogenated alkanes) is 1. The second kappa shape index (κ2) is 7.68. The van der Waals surface area contributed by atoms with Crippen LogP contribution in [0.1, 0.15) is 60.1 Å². The lowest BCUT2D eigenvalue weighted by molar-refractivity contribution is 0.0716. The van der Waals surface area contributed by atoms with Crippen LogP contribution in [0.2, 0.25) is 0 Å². The summed E-state index contributed by atoms with van der Waals surface area (Å²) in [7, 11) is 2.12. The molecule has 2 aliphatic rings. The smallest absolute Gasteiger partial charge is 0.356 e. The van der Waals surface area contributed by atoms with Crippen molar-refractivity contribution >= 4 is 22.9 Å². The molecule has 2 heterocycles. The minimum atomic E-state index is 0.125. The molecule has 0 spiro atoms. The Bertz CT molecular complexity index is 1100. The number of para-hydroxylation sites is 1. The monoisotopic (exact) mass is 418 g/mol. The van der Waals surface area contributed by atoms with E-state index in [1.54, 1.807) is 11.3 Å². The third-order valence-corrected chi connectivity index (χ3v) is 7.75. The van der Waals surface area contributed by atoms with E-state index < -0.39 is 0 Å². The third-order valence-electron chi connectivity index (χ3n) is 6.76. The minimum Gasteiger partial charge on any atom is -0.492 e. The van der Waals surface area contributed by atoms with Gasteiger partial charge in [0, 0.05) is 23.4 Å². The molecule has 0 fully saturated rings. The number of ether oxygens (including phenoxy) is 1. The van der Waals surface area contributed by atoms with Crippen molar-refractivity contribution in [3.05, 3.63) is 70.6 Å². The van der Waals surface area contributed by atoms with Gasteiger partial charge in [-0.25, -0.2) is 9.28 Å². The summed E-state index contributed by atoms with van der Waals surface area (Å²) in [5.74, 6) is 0.926. The van der Waals surface area contributed by atoms with Crippen LogP contribution < -0.4 is 9.22 Å². The highest BCUT2D eigenvalue weighted by atomic mass is 32.1. The maximum Gasteiger partial charge on any atom is 0.356 e. The highest BCUT2D eigenvalue weighted by Gasteiger charge is 2.52. The van der Waals surface area contributed by atoms with Crippen LogP contribution in [0.3, 0.4) is 0 Å². The van der Waals surface area contributed by atoms with Crippen LogP contribution in [0.15, 0.2) is 53.9 Å². The van der Waals surface area contributed by atoms with Crippen molar-refractivity contribution in [3.63, 3.8) is 0 Å². The van der Waals surface area contributed by atoms with Gasteiger partial charge in [0.15, 0.2) is 0 Å². The summed E-state index contributed by atoms with van der Waals surface area (Å²) in [5, 5.41) is 2.03. The van der Waals surface area contributed by atoms with Gasteiger partial charge in [0.25, 0.3) is 0 Å². The minimum absolute atomic E-state index is 0.125. The van der Waals surface area contributed by atoms with Gasteiger partial charge < -0.3 is 4.74 Å². The van der Waals surface area contributed by atoms with Gasteiger partial charge in [-0.3, -0.25) is 0 Å². The van der Waals surface area contributed by atoms with Crippen molar-refractivity contribution < 1.29 is 9.53 Å². The van der Waals surface area contributed by atoms with Crippen molar-refractivity contribution in [3.8, 4) is 16.2 Å². The Labute approximate surface area is 182 Å². The average molecular weight is 419 g/mol. The number of amides is 1. The number of aryl methyl sites for hydroxylation is 1. The molecule has 154 valence electrons. The maximum absolute atomic E-state index is 14.2. The second-order valence-electron chi connectivity index (χ2n) is 8.51. The van der Waals surface area contributed by atoms with E-state index in [2.05, 4.69) is 62.5 Å². The number of benzene rings is 2. The molecule has 4 heteroatoms. The predicted octanol–water partition coefficient (Wildman–Crippen LogP) is 6.76. The zero-order valence-corrected chi connectivity index (χ0v) is 18.5. The largest absolute Gasteiger partial charge is 0.492 e. The standard InChI is InChI=1S/C26H28NO2S/c1-3-4-16-29-23-17-30-25-20-13-7-8-14-22(20)27(2,26(28)24(23)25)21-15-9-11-18-10-5-6-12-19(18)21/h5-8,10,12-14,17,21H,3-4,9,11,15-16H2,1-2H3/q+1. The Morgan fingerprint density at radius 2 is 1.93 bits per heavy atom. The zero-order chi connectivity index (χ0) is 20.7. The molecule has 1 aliphatic carbocycles. The van der Waals surface area contributed by atoms with E-state index >= 15 is 0 Å². The number of hydrogen-bond acceptors (Lipinski definition) is 3. The van der Waals surface area contributed by atoms with Gasteiger partial charge in [0.2, 0.25) is 0 Å². The van der Waals surface area contributed by atoms with E-state index in [1.165, 1.54) is 16.7 Å². The lowest BCUT2D eigenvalue weighted by Gasteiger charge is -2.44. The number of carbonyl (C=O) groups is 1. The van der Waals surface area contributed by atoms with Crippen LogP contribution in [0.25, 0.3) is 10.4 Å². The third kappa shape index (κ3) is 2.85. The molecule has 1 aromatic heterocycles. The summed E-state index contributed by atoms with van der Waals surface area (Å²) >= 11 is 1.63. The Hall–Kier alpha value is -2.43. The normalized spacial score (nSPS) is 22.2. The zero-order valence-electron chi connectivity index (χ0n) is 17.7. The van der Waals surface area contributed by atoms with Gasteiger partial charge >= 0.3 is 5.91 Å². The lowest BCUT2D eigenvalue weighted by atomic mass is 9.83. The summed E-state index contributed by atoms with van der Waals surface area (Å²) in [4.78, 5) is 15.3. The van der Waals surface area contributed by atoms with Crippen LogP contribution in [0.5, 0.6) is 5.75 Å². The number of thiophene rings is 1. The molecule has 2 aromatic carbocycles. The molecule has 0 saturated heterocycles. The van der Waals surface area contributed by atoms with Crippen LogP contribution in [-0.2, 0) is 6.42 Å². The van der Waals surface area contributed by atoms with Crippen molar-refractivity contribution in [2.24, 2.45) is 0 Å². The molecule has 2 unspecified atom stereocenters. The van der Waals surface area contributed by atoms with Gasteiger partial charge in [-0.05, 0) is 30.9 Å². The average Bonchev–Trinajstić information content (AvgIpc) is 3.21. The molecule has 3 aromatic rings. The van der Waals surface area contributed by atoms with Crippen molar-refractivity contribution in [1.29, 1.82) is 0 Å². The summed E-state index contributed by atoms with van der Waals surface area (Å²) in [6.45, 7) is 2.81. The highest BCUT2D eigenvalue weighted by molar-refractivity contribution is 7.14. The second-order valence-corrected chi connectivity index (χ2v) is 9.39. The highest BCUT2D eigenvalue weighted by Crippen LogP contribution is 2.53. The van der Waals surface area contributed by atoms with Crippen molar-refractivity contribution in [2.75, 3.05) is 13.7 Å². The summed E-state index contributed by atoms with van der Waals surface area (Å²) in [6.07, 6.45) is 5.30. The van der Waals surface area contributed by atoms with Gasteiger partial charge in [0.05, 0.1) is 24.1 Å². The van der Waals surface area contributed by atoms with Crippen LogP contribution in [0.4, 0.5) is 5.69 Å². The fourth-order valence-corrected chi connectivity index (χ4v) is 6.18. The quantitative estimate of drug-likeness (QED) is 0.338. The molecule has 1 amide bonds. The van der Waals surface area contributed by atoms with E-state index in [4.69, 9.17) is 4.74 Å². The van der Waals surface area contributed by atoms with E-state index in [0.717, 1.165) is 54.0 Å². The first-order valence-electron chi connectivity index (χ1n) is 11.0. The van der Waals surface area contributed by atoms with Crippen molar-refractivity contribution in [2.45, 2.75) is 45.1 Å². The summed E-state index contributed by atoms with van der Waals surface area (Å²) < 4.78 is 6.39.